The molecule has 0 aromatic heterocycles. The van der Waals surface area contributed by atoms with E-state index < -0.39 is 11.6 Å². The second kappa shape index (κ2) is 3.22. The Morgan fingerprint density at radius 2 is 2.13 bits per heavy atom. The summed E-state index contributed by atoms with van der Waals surface area (Å²) in [6.07, 6.45) is 1.28. The lowest BCUT2D eigenvalue weighted by atomic mass is 9.89. The monoisotopic (exact) mass is 211 g/mol. The van der Waals surface area contributed by atoms with E-state index in [0.717, 1.165) is 6.42 Å². The molecule has 2 rings (SSSR count). The van der Waals surface area contributed by atoms with Crippen molar-refractivity contribution >= 4 is 17.8 Å². The van der Waals surface area contributed by atoms with Crippen LogP contribution in [0.2, 0.25) is 0 Å². The first kappa shape index (κ1) is 9.95. The van der Waals surface area contributed by atoms with Crippen LogP contribution in [0.25, 0.3) is 0 Å². The number of nitrogens with one attached hydrogen (secondary N) is 2. The number of imide groups is 1. The predicted molar refractivity (Wildman–Crippen MR) is 50.9 cm³/mol. The zero-order valence-electron chi connectivity index (χ0n) is 8.50. The summed E-state index contributed by atoms with van der Waals surface area (Å²) in [5.74, 6) is -0.287. The SMILES string of the molecule is CCCC(=O)N1CC2(C1)NC(=O)NC2=O. The molecule has 0 aliphatic carbocycles. The number of amides is 4. The molecule has 6 heteroatoms. The third-order valence-corrected chi connectivity index (χ3v) is 2.75. The summed E-state index contributed by atoms with van der Waals surface area (Å²) < 4.78 is 0. The first-order valence-corrected chi connectivity index (χ1v) is 4.99. The molecular formula is C9H13N3O3. The zero-order chi connectivity index (χ0) is 11.1. The van der Waals surface area contributed by atoms with E-state index in [9.17, 15) is 14.4 Å². The van der Waals surface area contributed by atoms with E-state index >= 15 is 0 Å². The van der Waals surface area contributed by atoms with E-state index in [1.54, 1.807) is 4.90 Å². The number of carbonyl (C=O) groups is 3. The van der Waals surface area contributed by atoms with Crippen molar-refractivity contribution in [3.63, 3.8) is 0 Å². The van der Waals surface area contributed by atoms with Gasteiger partial charge in [0, 0.05) is 6.42 Å². The Labute approximate surface area is 87.0 Å². The van der Waals surface area contributed by atoms with Crippen LogP contribution in [0.5, 0.6) is 0 Å². The summed E-state index contributed by atoms with van der Waals surface area (Å²) in [4.78, 5) is 35.3. The smallest absolute Gasteiger partial charge is 0.322 e. The van der Waals surface area contributed by atoms with Crippen LogP contribution in [-0.4, -0.2) is 41.4 Å². The predicted octanol–water partition coefficient (Wildman–Crippen LogP) is -0.793. The van der Waals surface area contributed by atoms with Gasteiger partial charge in [0.25, 0.3) is 5.91 Å². The minimum absolute atomic E-state index is 0.0390. The van der Waals surface area contributed by atoms with Gasteiger partial charge in [-0.15, -0.1) is 0 Å². The lowest BCUT2D eigenvalue weighted by Crippen LogP contribution is -2.71. The fourth-order valence-corrected chi connectivity index (χ4v) is 1.90. The Hall–Kier alpha value is -1.59. The number of nitrogens with zero attached hydrogens (tertiary/aromatic N) is 1. The second-order valence-corrected chi connectivity index (χ2v) is 3.99. The number of rotatable bonds is 2. The highest BCUT2D eigenvalue weighted by Crippen LogP contribution is 2.24. The van der Waals surface area contributed by atoms with Gasteiger partial charge in [-0.1, -0.05) is 6.92 Å². The molecule has 0 unspecified atom stereocenters. The number of likely N-dealkylation sites (tertiary alicyclic amines) is 1. The van der Waals surface area contributed by atoms with Crippen LogP contribution < -0.4 is 10.6 Å². The van der Waals surface area contributed by atoms with Crippen molar-refractivity contribution in [2.24, 2.45) is 0 Å². The fourth-order valence-electron chi connectivity index (χ4n) is 1.90. The van der Waals surface area contributed by atoms with E-state index in [2.05, 4.69) is 10.6 Å². The van der Waals surface area contributed by atoms with Crippen molar-refractivity contribution < 1.29 is 14.4 Å². The van der Waals surface area contributed by atoms with Crippen LogP contribution in [0.1, 0.15) is 19.8 Å². The molecule has 82 valence electrons. The minimum atomic E-state index is -0.847. The first-order chi connectivity index (χ1) is 7.07. The molecule has 0 saturated carbocycles. The second-order valence-electron chi connectivity index (χ2n) is 3.99. The zero-order valence-corrected chi connectivity index (χ0v) is 8.50. The standard InChI is InChI=1S/C9H13N3O3/c1-2-3-6(13)12-4-9(5-12)7(14)10-8(15)11-9/h2-5H2,1H3,(H2,10,11,14,15). The van der Waals surface area contributed by atoms with Gasteiger partial charge >= 0.3 is 6.03 Å². The summed E-state index contributed by atoms with van der Waals surface area (Å²) in [7, 11) is 0. The molecule has 0 radical (unpaired) electrons. The van der Waals surface area contributed by atoms with E-state index in [1.807, 2.05) is 6.92 Å². The van der Waals surface area contributed by atoms with Gasteiger partial charge in [0.15, 0.2) is 5.54 Å². The van der Waals surface area contributed by atoms with Gasteiger partial charge in [0.05, 0.1) is 13.1 Å². The Bertz CT molecular complexity index is 333. The molecule has 2 N–H and O–H groups in total. The Morgan fingerprint density at radius 3 is 2.60 bits per heavy atom. The number of hydrogen-bond acceptors (Lipinski definition) is 3. The number of carbonyl (C=O) groups excluding carboxylic acids is 3. The van der Waals surface area contributed by atoms with E-state index in [-0.39, 0.29) is 11.8 Å². The van der Waals surface area contributed by atoms with Gasteiger partial charge in [0.1, 0.15) is 0 Å². The quantitative estimate of drug-likeness (QED) is 0.587. The largest absolute Gasteiger partial charge is 0.337 e. The topological polar surface area (TPSA) is 78.5 Å². The van der Waals surface area contributed by atoms with Crippen LogP contribution >= 0.6 is 0 Å². The van der Waals surface area contributed by atoms with Gasteiger partial charge in [0.2, 0.25) is 5.91 Å². The molecule has 1 spiro atoms. The van der Waals surface area contributed by atoms with Crippen LogP contribution in [0.15, 0.2) is 0 Å². The third kappa shape index (κ3) is 1.45. The maximum Gasteiger partial charge on any atom is 0.322 e. The van der Waals surface area contributed by atoms with Gasteiger partial charge < -0.3 is 10.2 Å². The van der Waals surface area contributed by atoms with Crippen molar-refractivity contribution in [3.05, 3.63) is 0 Å². The van der Waals surface area contributed by atoms with Gasteiger partial charge in [-0.25, -0.2) is 4.79 Å². The van der Waals surface area contributed by atoms with Crippen molar-refractivity contribution in [2.45, 2.75) is 25.3 Å². The van der Waals surface area contributed by atoms with Crippen LogP contribution in [0.4, 0.5) is 4.79 Å². The highest BCUT2D eigenvalue weighted by molar-refractivity contribution is 6.08. The Morgan fingerprint density at radius 1 is 1.47 bits per heavy atom. The van der Waals surface area contributed by atoms with E-state index in [1.165, 1.54) is 0 Å². The molecule has 0 atom stereocenters. The van der Waals surface area contributed by atoms with Gasteiger partial charge in [-0.3, -0.25) is 14.9 Å². The summed E-state index contributed by atoms with van der Waals surface area (Å²) in [5, 5.41) is 4.72. The van der Waals surface area contributed by atoms with Crippen LogP contribution in [-0.2, 0) is 9.59 Å². The lowest BCUT2D eigenvalue weighted by molar-refractivity contribution is -0.144. The molecule has 15 heavy (non-hydrogen) atoms. The van der Waals surface area contributed by atoms with Crippen molar-refractivity contribution in [1.29, 1.82) is 0 Å². The minimum Gasteiger partial charge on any atom is -0.337 e. The molecule has 0 aromatic rings. The molecule has 2 aliphatic heterocycles. The average Bonchev–Trinajstić information content (AvgIpc) is 2.38. The molecule has 6 nitrogen and oxygen atoms in total. The summed E-state index contributed by atoms with van der Waals surface area (Å²) in [6.45, 7) is 2.52. The normalized spacial score (nSPS) is 22.3. The molecule has 4 amide bonds. The summed E-state index contributed by atoms with van der Waals surface area (Å²) >= 11 is 0. The summed E-state index contributed by atoms with van der Waals surface area (Å²) in [5.41, 5.74) is -0.847. The number of hydrogen-bond donors (Lipinski definition) is 2. The highest BCUT2D eigenvalue weighted by atomic mass is 16.2. The highest BCUT2D eigenvalue weighted by Gasteiger charge is 2.55. The Kier molecular flexibility index (Phi) is 2.13. The Balaban J connectivity index is 1.94. The van der Waals surface area contributed by atoms with Gasteiger partial charge in [-0.2, -0.15) is 0 Å². The third-order valence-electron chi connectivity index (χ3n) is 2.75. The average molecular weight is 211 g/mol. The van der Waals surface area contributed by atoms with Gasteiger partial charge in [-0.05, 0) is 6.42 Å². The first-order valence-electron chi connectivity index (χ1n) is 4.99. The van der Waals surface area contributed by atoms with Crippen molar-refractivity contribution in [3.8, 4) is 0 Å². The van der Waals surface area contributed by atoms with Crippen LogP contribution in [0, 0.1) is 0 Å². The maximum absolute atomic E-state index is 11.4. The van der Waals surface area contributed by atoms with Crippen molar-refractivity contribution in [2.75, 3.05) is 13.1 Å². The van der Waals surface area contributed by atoms with E-state index in [4.69, 9.17) is 0 Å². The maximum atomic E-state index is 11.4. The molecule has 2 heterocycles. The molecular weight excluding hydrogens is 198 g/mol. The lowest BCUT2D eigenvalue weighted by Gasteiger charge is -2.45. The molecule has 2 saturated heterocycles. The van der Waals surface area contributed by atoms with E-state index in [0.29, 0.717) is 19.5 Å². The summed E-state index contributed by atoms with van der Waals surface area (Å²) in [6, 6.07) is -0.470. The fraction of sp³-hybridized carbons (Fsp3) is 0.667. The number of urea groups is 1. The molecule has 2 fully saturated rings. The van der Waals surface area contributed by atoms with Crippen LogP contribution in [0.3, 0.4) is 0 Å². The molecule has 0 aromatic carbocycles. The van der Waals surface area contributed by atoms with Crippen molar-refractivity contribution in [1.82, 2.24) is 15.5 Å². The molecule has 0 bridgehead atoms. The molecule has 2 aliphatic rings.